The number of benzene rings is 2. The Bertz CT molecular complexity index is 641. The average molecular weight is 423 g/mol. The molecule has 98 valence electrons. The SMILES string of the molecule is O=C(c1cc(Cl)ccc1Cl)c1ccc(CBr)cc1Br. The molecule has 0 unspecified atom stereocenters. The molecular weight excluding hydrogens is 415 g/mol. The van der Waals surface area contributed by atoms with E-state index in [1.807, 2.05) is 12.1 Å². The van der Waals surface area contributed by atoms with Crippen LogP contribution >= 0.6 is 55.1 Å². The van der Waals surface area contributed by atoms with Crippen molar-refractivity contribution < 1.29 is 4.79 Å². The van der Waals surface area contributed by atoms with Gasteiger partial charge in [-0.1, -0.05) is 61.1 Å². The van der Waals surface area contributed by atoms with Crippen molar-refractivity contribution in [1.82, 2.24) is 0 Å². The number of ketones is 1. The topological polar surface area (TPSA) is 17.1 Å². The second kappa shape index (κ2) is 6.40. The van der Waals surface area contributed by atoms with E-state index in [4.69, 9.17) is 23.2 Å². The molecule has 5 heteroatoms. The Hall–Kier alpha value is -0.350. The van der Waals surface area contributed by atoms with Gasteiger partial charge in [-0.2, -0.15) is 0 Å². The first-order chi connectivity index (χ1) is 9.02. The van der Waals surface area contributed by atoms with Gasteiger partial charge in [0.1, 0.15) is 0 Å². The molecule has 0 heterocycles. The largest absolute Gasteiger partial charge is 0.289 e. The summed E-state index contributed by atoms with van der Waals surface area (Å²) in [6, 6.07) is 10.4. The molecule has 0 saturated heterocycles. The van der Waals surface area contributed by atoms with Crippen LogP contribution in [0.4, 0.5) is 0 Å². The molecule has 0 N–H and O–H groups in total. The van der Waals surface area contributed by atoms with Crippen LogP contribution in [0, 0.1) is 0 Å². The highest BCUT2D eigenvalue weighted by Crippen LogP contribution is 2.27. The number of hydrogen-bond donors (Lipinski definition) is 0. The quantitative estimate of drug-likeness (QED) is 0.445. The molecule has 1 nitrogen and oxygen atoms in total. The van der Waals surface area contributed by atoms with Gasteiger partial charge in [-0.05, 0) is 35.9 Å². The van der Waals surface area contributed by atoms with E-state index in [1.54, 1.807) is 24.3 Å². The van der Waals surface area contributed by atoms with Crippen molar-refractivity contribution in [1.29, 1.82) is 0 Å². The summed E-state index contributed by atoms with van der Waals surface area (Å²) in [5.41, 5.74) is 2.05. The van der Waals surface area contributed by atoms with Gasteiger partial charge in [0, 0.05) is 26.0 Å². The Morgan fingerprint density at radius 1 is 1.05 bits per heavy atom. The lowest BCUT2D eigenvalue weighted by atomic mass is 10.0. The van der Waals surface area contributed by atoms with Crippen molar-refractivity contribution in [2.24, 2.45) is 0 Å². The number of halogens is 4. The van der Waals surface area contributed by atoms with Crippen LogP contribution in [0.5, 0.6) is 0 Å². The van der Waals surface area contributed by atoms with Crippen LogP contribution < -0.4 is 0 Å². The van der Waals surface area contributed by atoms with Gasteiger partial charge in [0.2, 0.25) is 0 Å². The molecule has 0 aromatic heterocycles. The molecule has 2 aromatic carbocycles. The third-order valence-corrected chi connectivity index (χ3v) is 4.47. The van der Waals surface area contributed by atoms with Crippen molar-refractivity contribution in [3.8, 4) is 0 Å². The first kappa shape index (κ1) is 15.0. The smallest absolute Gasteiger partial charge is 0.195 e. The lowest BCUT2D eigenvalue weighted by Gasteiger charge is -2.07. The van der Waals surface area contributed by atoms with Crippen molar-refractivity contribution in [2.75, 3.05) is 0 Å². The molecule has 0 atom stereocenters. The van der Waals surface area contributed by atoms with E-state index in [2.05, 4.69) is 31.9 Å². The van der Waals surface area contributed by atoms with Crippen molar-refractivity contribution in [3.05, 3.63) is 67.6 Å². The number of carbonyl (C=O) groups excluding carboxylic acids is 1. The maximum absolute atomic E-state index is 12.5. The van der Waals surface area contributed by atoms with Gasteiger partial charge in [0.15, 0.2) is 5.78 Å². The summed E-state index contributed by atoms with van der Waals surface area (Å²) in [4.78, 5) is 12.5. The minimum Gasteiger partial charge on any atom is -0.289 e. The van der Waals surface area contributed by atoms with Gasteiger partial charge >= 0.3 is 0 Å². The van der Waals surface area contributed by atoms with E-state index in [0.717, 1.165) is 15.4 Å². The fourth-order valence-electron chi connectivity index (χ4n) is 1.64. The second-order valence-electron chi connectivity index (χ2n) is 3.90. The summed E-state index contributed by atoms with van der Waals surface area (Å²) < 4.78 is 0.741. The van der Waals surface area contributed by atoms with E-state index in [-0.39, 0.29) is 5.78 Å². The molecule has 0 bridgehead atoms. The fraction of sp³-hybridized carbons (Fsp3) is 0.0714. The Kier molecular flexibility index (Phi) is 5.07. The van der Waals surface area contributed by atoms with Gasteiger partial charge in [-0.3, -0.25) is 4.79 Å². The summed E-state index contributed by atoms with van der Waals surface area (Å²) in [6.45, 7) is 0. The summed E-state index contributed by atoms with van der Waals surface area (Å²) >= 11 is 18.7. The van der Waals surface area contributed by atoms with E-state index in [9.17, 15) is 4.79 Å². The predicted molar refractivity (Wildman–Crippen MR) is 86.7 cm³/mol. The zero-order valence-electron chi connectivity index (χ0n) is 9.59. The normalized spacial score (nSPS) is 10.5. The Morgan fingerprint density at radius 2 is 1.79 bits per heavy atom. The minimum absolute atomic E-state index is 0.152. The fourth-order valence-corrected chi connectivity index (χ4v) is 2.97. The number of rotatable bonds is 3. The van der Waals surface area contributed by atoms with Crippen LogP contribution in [0.15, 0.2) is 40.9 Å². The van der Waals surface area contributed by atoms with Gasteiger partial charge in [0.05, 0.1) is 5.02 Å². The van der Waals surface area contributed by atoms with E-state index in [1.165, 1.54) is 0 Å². The maximum Gasteiger partial charge on any atom is 0.195 e. The standard InChI is InChI=1S/C14H8Br2Cl2O/c15-7-8-1-3-10(12(16)5-8)14(19)11-6-9(17)2-4-13(11)18/h1-6H,7H2. The van der Waals surface area contributed by atoms with Gasteiger partial charge in [0.25, 0.3) is 0 Å². The molecule has 2 aromatic rings. The number of alkyl halides is 1. The Morgan fingerprint density at radius 3 is 2.42 bits per heavy atom. The Balaban J connectivity index is 2.47. The van der Waals surface area contributed by atoms with E-state index in [0.29, 0.717) is 21.2 Å². The molecule has 0 radical (unpaired) electrons. The second-order valence-corrected chi connectivity index (χ2v) is 6.16. The average Bonchev–Trinajstić information content (AvgIpc) is 2.40. The molecular formula is C14H8Br2Cl2O. The van der Waals surface area contributed by atoms with Crippen LogP contribution in [0.3, 0.4) is 0 Å². The van der Waals surface area contributed by atoms with E-state index >= 15 is 0 Å². The van der Waals surface area contributed by atoms with Crippen molar-refractivity contribution >= 4 is 60.8 Å². The van der Waals surface area contributed by atoms with Crippen LogP contribution in [0.2, 0.25) is 10.0 Å². The van der Waals surface area contributed by atoms with Crippen molar-refractivity contribution in [2.45, 2.75) is 5.33 Å². The first-order valence-corrected chi connectivity index (χ1v) is 8.04. The van der Waals surface area contributed by atoms with Crippen LogP contribution in [0.25, 0.3) is 0 Å². The summed E-state index contributed by atoms with van der Waals surface area (Å²) in [5, 5.41) is 1.62. The van der Waals surface area contributed by atoms with Crippen LogP contribution in [-0.2, 0) is 5.33 Å². The summed E-state index contributed by atoms with van der Waals surface area (Å²) in [7, 11) is 0. The molecule has 0 spiro atoms. The predicted octanol–water partition coefficient (Wildman–Crippen LogP) is 5.88. The molecule has 0 amide bonds. The summed E-state index contributed by atoms with van der Waals surface area (Å²) in [6.07, 6.45) is 0. The zero-order valence-corrected chi connectivity index (χ0v) is 14.3. The molecule has 0 fully saturated rings. The highest BCUT2D eigenvalue weighted by atomic mass is 79.9. The molecule has 0 saturated carbocycles. The number of carbonyl (C=O) groups is 1. The van der Waals surface area contributed by atoms with Gasteiger partial charge in [-0.15, -0.1) is 0 Å². The lowest BCUT2D eigenvalue weighted by Crippen LogP contribution is -2.03. The highest BCUT2D eigenvalue weighted by molar-refractivity contribution is 9.10. The van der Waals surface area contributed by atoms with Gasteiger partial charge < -0.3 is 0 Å². The monoisotopic (exact) mass is 420 g/mol. The lowest BCUT2D eigenvalue weighted by molar-refractivity contribution is 0.103. The molecule has 19 heavy (non-hydrogen) atoms. The highest BCUT2D eigenvalue weighted by Gasteiger charge is 2.16. The van der Waals surface area contributed by atoms with E-state index < -0.39 is 0 Å². The molecule has 0 aliphatic rings. The number of hydrogen-bond acceptors (Lipinski definition) is 1. The minimum atomic E-state index is -0.152. The van der Waals surface area contributed by atoms with Crippen LogP contribution in [0.1, 0.15) is 21.5 Å². The zero-order chi connectivity index (χ0) is 14.0. The third-order valence-electron chi connectivity index (χ3n) is 2.61. The van der Waals surface area contributed by atoms with Gasteiger partial charge in [-0.25, -0.2) is 0 Å². The molecule has 0 aliphatic carbocycles. The van der Waals surface area contributed by atoms with Crippen molar-refractivity contribution in [3.63, 3.8) is 0 Å². The molecule has 0 aliphatic heterocycles. The summed E-state index contributed by atoms with van der Waals surface area (Å²) in [5.74, 6) is -0.152. The molecule has 2 rings (SSSR count). The van der Waals surface area contributed by atoms with Crippen LogP contribution in [-0.4, -0.2) is 5.78 Å². The first-order valence-electron chi connectivity index (χ1n) is 5.37. The third kappa shape index (κ3) is 3.40. The Labute approximate surface area is 138 Å². The maximum atomic E-state index is 12.5.